The van der Waals surface area contributed by atoms with Crippen molar-refractivity contribution in [3.63, 3.8) is 0 Å². The number of hydrogen-bond donors (Lipinski definition) is 0. The normalized spacial score (nSPS) is 17.4. The number of carbonyl (C=O) groups is 1. The minimum atomic E-state index is 0.121. The van der Waals surface area contributed by atoms with Crippen LogP contribution in [0.2, 0.25) is 0 Å². The van der Waals surface area contributed by atoms with E-state index in [0.717, 1.165) is 19.4 Å². The van der Waals surface area contributed by atoms with E-state index in [1.165, 1.54) is 38.2 Å². The first kappa shape index (κ1) is 12.3. The first-order valence-corrected chi connectivity index (χ1v) is 6.22. The van der Waals surface area contributed by atoms with Crippen molar-refractivity contribution in [2.75, 3.05) is 6.54 Å². The summed E-state index contributed by atoms with van der Waals surface area (Å²) in [7, 11) is 0. The lowest BCUT2D eigenvalue weighted by molar-refractivity contribution is -0.129. The average molecular weight is 209 g/mol. The molecule has 1 amide bonds. The Morgan fingerprint density at radius 1 is 1.40 bits per heavy atom. The maximum atomic E-state index is 11.7. The smallest absolute Gasteiger partial charge is 0.246 e. The summed E-state index contributed by atoms with van der Waals surface area (Å²) in [6, 6.07) is 0.482. The molecule has 1 aliphatic carbocycles. The molecule has 2 heteroatoms. The van der Waals surface area contributed by atoms with E-state index in [-0.39, 0.29) is 5.91 Å². The van der Waals surface area contributed by atoms with Crippen molar-refractivity contribution < 1.29 is 4.79 Å². The summed E-state index contributed by atoms with van der Waals surface area (Å²) < 4.78 is 0. The first-order chi connectivity index (χ1) is 7.29. The molecule has 0 radical (unpaired) electrons. The summed E-state index contributed by atoms with van der Waals surface area (Å²) in [6.45, 7) is 6.67. The van der Waals surface area contributed by atoms with Crippen molar-refractivity contribution in [1.82, 2.24) is 4.90 Å². The molecular formula is C13H23NO. The third-order valence-electron chi connectivity index (χ3n) is 3.23. The van der Waals surface area contributed by atoms with Crippen molar-refractivity contribution >= 4 is 5.91 Å². The Balaban J connectivity index is 2.52. The fourth-order valence-corrected chi connectivity index (χ4v) is 2.31. The van der Waals surface area contributed by atoms with Crippen LogP contribution in [0.5, 0.6) is 0 Å². The van der Waals surface area contributed by atoms with Gasteiger partial charge in [0.25, 0.3) is 0 Å². The standard InChI is InChI=1S/C13H23NO/c1-3-5-11-14(13(15)4-2)12-9-7-6-8-10-12/h4,12H,2-3,5-11H2,1H3. The number of hydrogen-bond acceptors (Lipinski definition) is 1. The highest BCUT2D eigenvalue weighted by Gasteiger charge is 2.22. The molecule has 0 saturated heterocycles. The largest absolute Gasteiger partial charge is 0.336 e. The van der Waals surface area contributed by atoms with Crippen molar-refractivity contribution in [1.29, 1.82) is 0 Å². The Morgan fingerprint density at radius 3 is 2.60 bits per heavy atom. The van der Waals surface area contributed by atoms with Gasteiger partial charge in [-0.15, -0.1) is 0 Å². The fraction of sp³-hybridized carbons (Fsp3) is 0.769. The lowest BCUT2D eigenvalue weighted by Crippen LogP contribution is -2.41. The van der Waals surface area contributed by atoms with Gasteiger partial charge in [0.1, 0.15) is 0 Å². The van der Waals surface area contributed by atoms with Crippen LogP contribution in [-0.2, 0) is 4.79 Å². The summed E-state index contributed by atoms with van der Waals surface area (Å²) in [5.74, 6) is 0.121. The Morgan fingerprint density at radius 2 is 2.07 bits per heavy atom. The zero-order valence-corrected chi connectivity index (χ0v) is 9.87. The lowest BCUT2D eigenvalue weighted by atomic mass is 9.94. The fourth-order valence-electron chi connectivity index (χ4n) is 2.31. The molecule has 1 saturated carbocycles. The molecule has 0 heterocycles. The van der Waals surface area contributed by atoms with E-state index in [0.29, 0.717) is 6.04 Å². The Labute approximate surface area is 93.3 Å². The summed E-state index contributed by atoms with van der Waals surface area (Å²) in [5.41, 5.74) is 0. The summed E-state index contributed by atoms with van der Waals surface area (Å²) >= 11 is 0. The van der Waals surface area contributed by atoms with E-state index >= 15 is 0 Å². The van der Waals surface area contributed by atoms with Crippen LogP contribution in [-0.4, -0.2) is 23.4 Å². The zero-order chi connectivity index (χ0) is 11.1. The minimum absolute atomic E-state index is 0.121. The quantitative estimate of drug-likeness (QED) is 0.637. The van der Waals surface area contributed by atoms with Gasteiger partial charge in [-0.1, -0.05) is 39.2 Å². The van der Waals surface area contributed by atoms with E-state index < -0.39 is 0 Å². The molecule has 15 heavy (non-hydrogen) atoms. The van der Waals surface area contributed by atoms with E-state index in [4.69, 9.17) is 0 Å². The van der Waals surface area contributed by atoms with E-state index in [9.17, 15) is 4.79 Å². The van der Waals surface area contributed by atoms with Crippen LogP contribution in [0.15, 0.2) is 12.7 Å². The molecule has 0 aliphatic heterocycles. The van der Waals surface area contributed by atoms with E-state index in [2.05, 4.69) is 13.5 Å². The minimum Gasteiger partial charge on any atom is -0.336 e. The van der Waals surface area contributed by atoms with Crippen molar-refractivity contribution in [3.8, 4) is 0 Å². The van der Waals surface area contributed by atoms with Crippen LogP contribution >= 0.6 is 0 Å². The van der Waals surface area contributed by atoms with Gasteiger partial charge >= 0.3 is 0 Å². The SMILES string of the molecule is C=CC(=O)N(CCCC)C1CCCCC1. The van der Waals surface area contributed by atoms with Gasteiger partial charge in [-0.25, -0.2) is 0 Å². The van der Waals surface area contributed by atoms with E-state index in [1.54, 1.807) is 0 Å². The Kier molecular flexibility index (Phi) is 5.44. The third-order valence-corrected chi connectivity index (χ3v) is 3.23. The number of rotatable bonds is 5. The second kappa shape index (κ2) is 6.65. The zero-order valence-electron chi connectivity index (χ0n) is 9.87. The number of carbonyl (C=O) groups excluding carboxylic acids is 1. The number of amides is 1. The second-order valence-electron chi connectivity index (χ2n) is 4.38. The highest BCUT2D eigenvalue weighted by molar-refractivity contribution is 5.87. The molecule has 0 bridgehead atoms. The Hall–Kier alpha value is -0.790. The topological polar surface area (TPSA) is 20.3 Å². The molecule has 0 aromatic carbocycles. The average Bonchev–Trinajstić information content (AvgIpc) is 2.30. The van der Waals surface area contributed by atoms with Crippen molar-refractivity contribution in [2.45, 2.75) is 57.9 Å². The van der Waals surface area contributed by atoms with Crippen LogP contribution in [0.25, 0.3) is 0 Å². The molecule has 0 atom stereocenters. The molecule has 1 rings (SSSR count). The molecule has 0 unspecified atom stereocenters. The van der Waals surface area contributed by atoms with Gasteiger partial charge in [-0.05, 0) is 25.3 Å². The van der Waals surface area contributed by atoms with Crippen LogP contribution in [0.4, 0.5) is 0 Å². The van der Waals surface area contributed by atoms with Crippen molar-refractivity contribution in [3.05, 3.63) is 12.7 Å². The monoisotopic (exact) mass is 209 g/mol. The summed E-state index contributed by atoms with van der Waals surface area (Å²) in [6.07, 6.45) is 9.97. The van der Waals surface area contributed by atoms with Crippen LogP contribution in [0, 0.1) is 0 Å². The van der Waals surface area contributed by atoms with Gasteiger partial charge in [0.15, 0.2) is 0 Å². The molecule has 1 aliphatic rings. The second-order valence-corrected chi connectivity index (χ2v) is 4.38. The maximum absolute atomic E-state index is 11.7. The molecule has 0 aromatic rings. The molecule has 0 spiro atoms. The highest BCUT2D eigenvalue weighted by Crippen LogP contribution is 2.23. The van der Waals surface area contributed by atoms with Crippen LogP contribution in [0.3, 0.4) is 0 Å². The van der Waals surface area contributed by atoms with Gasteiger partial charge in [0, 0.05) is 12.6 Å². The number of unbranched alkanes of at least 4 members (excludes halogenated alkanes) is 1. The molecule has 1 fully saturated rings. The highest BCUT2D eigenvalue weighted by atomic mass is 16.2. The molecular weight excluding hydrogens is 186 g/mol. The lowest BCUT2D eigenvalue weighted by Gasteiger charge is -2.33. The summed E-state index contributed by atoms with van der Waals surface area (Å²) in [5, 5.41) is 0. The predicted molar refractivity (Wildman–Crippen MR) is 63.7 cm³/mol. The molecule has 2 nitrogen and oxygen atoms in total. The van der Waals surface area contributed by atoms with Gasteiger partial charge < -0.3 is 4.90 Å². The molecule has 0 N–H and O–H groups in total. The molecule has 0 aromatic heterocycles. The van der Waals surface area contributed by atoms with Gasteiger partial charge in [0.05, 0.1) is 0 Å². The predicted octanol–water partition coefficient (Wildman–Crippen LogP) is 3.13. The van der Waals surface area contributed by atoms with Gasteiger partial charge in [-0.2, -0.15) is 0 Å². The maximum Gasteiger partial charge on any atom is 0.246 e. The van der Waals surface area contributed by atoms with Gasteiger partial charge in [-0.3, -0.25) is 4.79 Å². The third kappa shape index (κ3) is 3.69. The first-order valence-electron chi connectivity index (χ1n) is 6.22. The Bertz CT molecular complexity index is 207. The van der Waals surface area contributed by atoms with Crippen molar-refractivity contribution in [2.24, 2.45) is 0 Å². The summed E-state index contributed by atoms with van der Waals surface area (Å²) in [4.78, 5) is 13.8. The number of nitrogens with zero attached hydrogens (tertiary/aromatic N) is 1. The van der Waals surface area contributed by atoms with Crippen LogP contribution in [0.1, 0.15) is 51.9 Å². The molecule has 86 valence electrons. The van der Waals surface area contributed by atoms with E-state index in [1.807, 2.05) is 4.90 Å². The van der Waals surface area contributed by atoms with Gasteiger partial charge in [0.2, 0.25) is 5.91 Å². The van der Waals surface area contributed by atoms with Crippen LogP contribution < -0.4 is 0 Å².